The van der Waals surface area contributed by atoms with Gasteiger partial charge in [-0.15, -0.1) is 13.2 Å². The van der Waals surface area contributed by atoms with Crippen molar-refractivity contribution in [3.05, 3.63) is 95.3 Å². The Morgan fingerprint density at radius 3 is 1.52 bits per heavy atom. The maximum atomic E-state index is 5.53. The summed E-state index contributed by atoms with van der Waals surface area (Å²) in [5.74, 6) is 0. The van der Waals surface area contributed by atoms with Crippen LogP contribution in [0, 0.1) is 0 Å². The zero-order valence-corrected chi connectivity index (χ0v) is 14.0. The molecule has 1 nitrogen and oxygen atoms in total. The second-order valence-electron chi connectivity index (χ2n) is 4.96. The van der Waals surface area contributed by atoms with E-state index in [9.17, 15) is 0 Å². The molecule has 0 aromatic heterocycles. The molecule has 0 heterocycles. The fourth-order valence-electron chi connectivity index (χ4n) is 2.24. The average Bonchev–Trinajstić information content (AvgIpc) is 2.50. The number of hydrogen-bond acceptors (Lipinski definition) is 1. The summed E-state index contributed by atoms with van der Waals surface area (Å²) in [6, 6.07) is 20.7. The summed E-state index contributed by atoms with van der Waals surface area (Å²) in [7, 11) is 1.91. The second-order valence-corrected chi connectivity index (χ2v) is 7.85. The third-order valence-corrected chi connectivity index (χ3v) is 5.72. The van der Waals surface area contributed by atoms with Crippen molar-refractivity contribution in [1.82, 2.24) is 0 Å². The van der Waals surface area contributed by atoms with Crippen LogP contribution in [-0.4, -0.2) is 19.5 Å². The highest BCUT2D eigenvalue weighted by Crippen LogP contribution is 2.17. The van der Waals surface area contributed by atoms with E-state index in [1.54, 1.807) is 0 Å². The van der Waals surface area contributed by atoms with Crippen LogP contribution in [0.25, 0.3) is 0 Å². The first-order valence-electron chi connectivity index (χ1n) is 6.85. The van der Waals surface area contributed by atoms with E-state index in [2.05, 4.69) is 47.9 Å². The van der Waals surface area contributed by atoms with Crippen LogP contribution < -0.4 is 0 Å². The van der Waals surface area contributed by atoms with Crippen molar-refractivity contribution in [2.45, 2.75) is 12.8 Å². The van der Waals surface area contributed by atoms with Crippen molar-refractivity contribution < 1.29 is 4.12 Å². The van der Waals surface area contributed by atoms with Gasteiger partial charge in [0.1, 0.15) is 0 Å². The van der Waals surface area contributed by atoms with E-state index < -0.39 is 9.04 Å². The molecule has 0 aliphatic carbocycles. The van der Waals surface area contributed by atoms with Gasteiger partial charge in [-0.3, -0.25) is 0 Å². The molecule has 104 valence electrons. The van der Waals surface area contributed by atoms with E-state index in [4.69, 9.17) is 4.12 Å². The molecular formula is C18H18OSi2. The summed E-state index contributed by atoms with van der Waals surface area (Å²) in [5.41, 5.74) is 2.50. The van der Waals surface area contributed by atoms with Crippen LogP contribution >= 0.6 is 0 Å². The van der Waals surface area contributed by atoms with Crippen LogP contribution in [-0.2, 0) is 17.0 Å². The van der Waals surface area contributed by atoms with E-state index in [1.807, 2.05) is 36.4 Å². The lowest BCUT2D eigenvalue weighted by atomic mass is 10.1. The lowest BCUT2D eigenvalue weighted by Crippen LogP contribution is -2.25. The molecule has 0 bridgehead atoms. The Morgan fingerprint density at radius 2 is 1.19 bits per heavy atom. The molecular weight excluding hydrogens is 288 g/mol. The van der Waals surface area contributed by atoms with Crippen LogP contribution in [0.15, 0.2) is 84.2 Å². The number of allylic oxidation sites excluding steroid dienone is 2. The van der Waals surface area contributed by atoms with Gasteiger partial charge in [-0.25, -0.2) is 0 Å². The van der Waals surface area contributed by atoms with E-state index in [0.717, 1.165) is 23.2 Å². The van der Waals surface area contributed by atoms with Gasteiger partial charge in [0.2, 0.25) is 10.5 Å². The molecule has 21 heavy (non-hydrogen) atoms. The van der Waals surface area contributed by atoms with Crippen molar-refractivity contribution in [2.75, 3.05) is 0 Å². The Kier molecular flexibility index (Phi) is 5.93. The Labute approximate surface area is 132 Å². The van der Waals surface area contributed by atoms with Gasteiger partial charge in [-0.1, -0.05) is 71.1 Å². The summed E-state index contributed by atoms with van der Waals surface area (Å²) in [5, 5.41) is 2.20. The predicted octanol–water partition coefficient (Wildman–Crippen LogP) is 3.75. The van der Waals surface area contributed by atoms with Crippen LogP contribution in [0.4, 0.5) is 0 Å². The van der Waals surface area contributed by atoms with Crippen molar-refractivity contribution in [3.63, 3.8) is 0 Å². The second kappa shape index (κ2) is 7.93. The van der Waals surface area contributed by atoms with Crippen LogP contribution in [0.1, 0.15) is 11.1 Å². The minimum Gasteiger partial charge on any atom is -0.451 e. The van der Waals surface area contributed by atoms with Crippen molar-refractivity contribution in [2.24, 2.45) is 0 Å². The molecule has 0 aliphatic rings. The molecule has 2 aromatic carbocycles. The van der Waals surface area contributed by atoms with E-state index >= 15 is 0 Å². The molecule has 0 amide bonds. The van der Waals surface area contributed by atoms with Crippen LogP contribution in [0.3, 0.4) is 0 Å². The third kappa shape index (κ3) is 4.67. The van der Waals surface area contributed by atoms with E-state index in [1.165, 1.54) is 11.1 Å². The quantitative estimate of drug-likeness (QED) is 0.708. The Bertz CT molecular complexity index is 540. The highest BCUT2D eigenvalue weighted by Gasteiger charge is 2.20. The summed E-state index contributed by atoms with van der Waals surface area (Å²) in [4.78, 5) is 0. The first-order chi connectivity index (χ1) is 10.2. The zero-order chi connectivity index (χ0) is 15.1. The molecule has 0 spiro atoms. The number of hydrogen-bond donors (Lipinski definition) is 0. The third-order valence-electron chi connectivity index (χ3n) is 3.26. The monoisotopic (exact) mass is 306 g/mol. The minimum atomic E-state index is -1.31. The van der Waals surface area contributed by atoms with Gasteiger partial charge in [0.15, 0.2) is 0 Å². The van der Waals surface area contributed by atoms with Crippen LogP contribution in [0.2, 0.25) is 0 Å². The standard InChI is InChI=1S/C18H18OSi2/c1-15(13-17-9-5-3-6-10-17)21(19-20)16(2)14-18-11-7-4-8-12-18/h3-12H,1-2,13-14H2. The van der Waals surface area contributed by atoms with Crippen molar-refractivity contribution >= 4 is 19.5 Å². The Hall–Kier alpha value is -1.69. The number of benzene rings is 2. The molecule has 0 saturated carbocycles. The normalized spacial score (nSPS) is 10.6. The van der Waals surface area contributed by atoms with E-state index in [0.29, 0.717) is 0 Å². The van der Waals surface area contributed by atoms with Gasteiger partial charge < -0.3 is 4.12 Å². The van der Waals surface area contributed by atoms with Crippen LogP contribution in [0.5, 0.6) is 0 Å². The zero-order valence-electron chi connectivity index (χ0n) is 12.0. The Morgan fingerprint density at radius 1 is 0.810 bits per heavy atom. The predicted molar refractivity (Wildman–Crippen MR) is 91.2 cm³/mol. The van der Waals surface area contributed by atoms with Gasteiger partial charge in [-0.2, -0.15) is 0 Å². The topological polar surface area (TPSA) is 9.23 Å². The summed E-state index contributed by atoms with van der Waals surface area (Å²) in [6.45, 7) is 8.42. The first kappa shape index (κ1) is 15.7. The van der Waals surface area contributed by atoms with Gasteiger partial charge >= 0.3 is 0 Å². The molecule has 0 atom stereocenters. The number of rotatable bonds is 7. The maximum Gasteiger partial charge on any atom is 0.262 e. The molecule has 2 aromatic rings. The average molecular weight is 307 g/mol. The fraction of sp³-hybridized carbons (Fsp3) is 0.111. The minimum absolute atomic E-state index is 0.827. The highest BCUT2D eigenvalue weighted by atomic mass is 28.3. The van der Waals surface area contributed by atoms with Gasteiger partial charge in [0, 0.05) is 0 Å². The molecule has 0 saturated heterocycles. The summed E-state index contributed by atoms with van der Waals surface area (Å²) >= 11 is 0. The van der Waals surface area contributed by atoms with Crippen molar-refractivity contribution in [3.8, 4) is 0 Å². The molecule has 0 N–H and O–H groups in total. The smallest absolute Gasteiger partial charge is 0.262 e. The Balaban J connectivity index is 2.01. The highest BCUT2D eigenvalue weighted by molar-refractivity contribution is 6.70. The van der Waals surface area contributed by atoms with Gasteiger partial charge in [0.05, 0.1) is 0 Å². The molecule has 3 heteroatoms. The SMILES string of the molecule is C=C(Cc1ccccc1)[Si](O[Si])C(=C)Cc1ccccc1. The molecule has 0 aliphatic heterocycles. The lowest BCUT2D eigenvalue weighted by molar-refractivity contribution is 0.646. The summed E-state index contributed by atoms with van der Waals surface area (Å²) < 4.78 is 5.53. The van der Waals surface area contributed by atoms with E-state index in [-0.39, 0.29) is 0 Å². The largest absolute Gasteiger partial charge is 0.451 e. The van der Waals surface area contributed by atoms with Crippen molar-refractivity contribution in [1.29, 1.82) is 0 Å². The molecule has 2 rings (SSSR count). The first-order valence-corrected chi connectivity index (χ1v) is 8.67. The van der Waals surface area contributed by atoms with Gasteiger partial charge in [0.25, 0.3) is 9.04 Å². The molecule has 0 fully saturated rings. The lowest BCUT2D eigenvalue weighted by Gasteiger charge is -2.18. The summed E-state index contributed by atoms with van der Waals surface area (Å²) in [6.07, 6.45) is 1.65. The van der Waals surface area contributed by atoms with Gasteiger partial charge in [-0.05, 0) is 24.0 Å². The maximum absolute atomic E-state index is 5.53. The molecule has 0 unspecified atom stereocenters. The fourth-order valence-corrected chi connectivity index (χ4v) is 4.62. The molecule has 4 radical (unpaired) electrons.